The highest BCUT2D eigenvalue weighted by Gasteiger charge is 2.00. The first-order chi connectivity index (χ1) is 7.78. The molecule has 1 nitrogen and oxygen atoms in total. The number of phenolic OH excluding ortho intramolecular Hbond substituents is 1. The smallest absolute Gasteiger partial charge is 0.115 e. The molecule has 2 rings (SSSR count). The molecular formula is C13H14OS2. The third-order valence-electron chi connectivity index (χ3n) is 2.28. The second-order valence-corrected chi connectivity index (χ2v) is 5.81. The van der Waals surface area contributed by atoms with Crippen LogP contribution in [0.4, 0.5) is 0 Å². The zero-order valence-corrected chi connectivity index (χ0v) is 10.8. The number of thioether (sulfide) groups is 1. The van der Waals surface area contributed by atoms with Crippen LogP contribution in [0.15, 0.2) is 41.3 Å². The fourth-order valence-corrected chi connectivity index (χ4v) is 3.29. The molecule has 1 N–H and O–H groups in total. The summed E-state index contributed by atoms with van der Waals surface area (Å²) in [6.45, 7) is 2.18. The van der Waals surface area contributed by atoms with Crippen LogP contribution in [0, 0.1) is 0 Å². The normalized spacial score (nSPS) is 10.6. The Kier molecular flexibility index (Phi) is 3.91. The van der Waals surface area contributed by atoms with E-state index in [4.69, 9.17) is 5.11 Å². The molecule has 0 atom stereocenters. The molecule has 1 heterocycles. The predicted molar refractivity (Wildman–Crippen MR) is 71.4 cm³/mol. The molecule has 3 heteroatoms. The van der Waals surface area contributed by atoms with Gasteiger partial charge in [-0.15, -0.1) is 23.1 Å². The van der Waals surface area contributed by atoms with Gasteiger partial charge in [0.05, 0.1) is 0 Å². The lowest BCUT2D eigenvalue weighted by Gasteiger charge is -1.99. The molecule has 84 valence electrons. The van der Waals surface area contributed by atoms with E-state index in [0.29, 0.717) is 5.75 Å². The van der Waals surface area contributed by atoms with Crippen LogP contribution in [0.25, 0.3) is 0 Å². The summed E-state index contributed by atoms with van der Waals surface area (Å²) in [4.78, 5) is 4.06. The quantitative estimate of drug-likeness (QED) is 0.816. The summed E-state index contributed by atoms with van der Waals surface area (Å²) < 4.78 is 0. The minimum absolute atomic E-state index is 0.328. The summed E-state index contributed by atoms with van der Waals surface area (Å²) in [7, 11) is 0. The van der Waals surface area contributed by atoms with Crippen LogP contribution in [0.3, 0.4) is 0 Å². The molecule has 0 aliphatic carbocycles. The first-order valence-corrected chi connectivity index (χ1v) is 7.07. The molecule has 0 spiro atoms. The number of aromatic hydroxyl groups is 1. The van der Waals surface area contributed by atoms with E-state index in [1.54, 1.807) is 23.9 Å². The van der Waals surface area contributed by atoms with E-state index in [1.165, 1.54) is 14.6 Å². The highest BCUT2D eigenvalue weighted by molar-refractivity contribution is 7.98. The predicted octanol–water partition coefficient (Wildman–Crippen LogP) is 4.31. The lowest BCUT2D eigenvalue weighted by atomic mass is 10.3. The van der Waals surface area contributed by atoms with Crippen molar-refractivity contribution in [3.05, 3.63) is 46.2 Å². The maximum absolute atomic E-state index is 9.17. The van der Waals surface area contributed by atoms with Crippen molar-refractivity contribution >= 4 is 23.1 Å². The van der Waals surface area contributed by atoms with Gasteiger partial charge in [-0.25, -0.2) is 0 Å². The summed E-state index contributed by atoms with van der Waals surface area (Å²) in [5.74, 6) is 1.34. The SMILES string of the molecule is CCc1ccc(CSc2ccc(O)cc2)s1. The summed E-state index contributed by atoms with van der Waals surface area (Å²) in [5, 5.41) is 9.17. The van der Waals surface area contributed by atoms with Crippen molar-refractivity contribution in [1.29, 1.82) is 0 Å². The third-order valence-corrected chi connectivity index (χ3v) is 4.76. The van der Waals surface area contributed by atoms with Gasteiger partial charge in [0, 0.05) is 20.4 Å². The van der Waals surface area contributed by atoms with Crippen molar-refractivity contribution in [2.24, 2.45) is 0 Å². The molecule has 1 aromatic heterocycles. The first kappa shape index (κ1) is 11.6. The number of hydrogen-bond acceptors (Lipinski definition) is 3. The van der Waals surface area contributed by atoms with Crippen LogP contribution in [-0.4, -0.2) is 5.11 Å². The summed E-state index contributed by atoms with van der Waals surface area (Å²) >= 11 is 3.69. The van der Waals surface area contributed by atoms with Crippen LogP contribution in [0.1, 0.15) is 16.7 Å². The van der Waals surface area contributed by atoms with Gasteiger partial charge in [-0.05, 0) is 42.8 Å². The molecule has 0 unspecified atom stereocenters. The average Bonchev–Trinajstić information content (AvgIpc) is 2.76. The topological polar surface area (TPSA) is 20.2 Å². The maximum Gasteiger partial charge on any atom is 0.115 e. The highest BCUT2D eigenvalue weighted by atomic mass is 32.2. The summed E-state index contributed by atoms with van der Waals surface area (Å²) in [5.41, 5.74) is 0. The zero-order chi connectivity index (χ0) is 11.4. The van der Waals surface area contributed by atoms with Gasteiger partial charge in [0.25, 0.3) is 0 Å². The van der Waals surface area contributed by atoms with Gasteiger partial charge in [0.2, 0.25) is 0 Å². The Morgan fingerprint density at radius 3 is 2.38 bits per heavy atom. The summed E-state index contributed by atoms with van der Waals surface area (Å²) in [6, 6.07) is 11.8. The number of phenols is 1. The molecule has 16 heavy (non-hydrogen) atoms. The molecule has 1 aromatic carbocycles. The van der Waals surface area contributed by atoms with E-state index in [1.807, 2.05) is 23.5 Å². The maximum atomic E-state index is 9.17. The molecular weight excluding hydrogens is 236 g/mol. The molecule has 0 aliphatic heterocycles. The second kappa shape index (κ2) is 5.41. The minimum atomic E-state index is 0.328. The van der Waals surface area contributed by atoms with Gasteiger partial charge >= 0.3 is 0 Å². The van der Waals surface area contributed by atoms with Gasteiger partial charge in [-0.1, -0.05) is 6.92 Å². The van der Waals surface area contributed by atoms with Crippen LogP contribution in [0.5, 0.6) is 5.75 Å². The minimum Gasteiger partial charge on any atom is -0.508 e. The van der Waals surface area contributed by atoms with Gasteiger partial charge in [-0.2, -0.15) is 0 Å². The van der Waals surface area contributed by atoms with Crippen molar-refractivity contribution in [2.75, 3.05) is 0 Å². The first-order valence-electron chi connectivity index (χ1n) is 5.27. The Hall–Kier alpha value is -0.930. The van der Waals surface area contributed by atoms with Gasteiger partial charge < -0.3 is 5.11 Å². The molecule has 0 fully saturated rings. The molecule has 0 saturated heterocycles. The van der Waals surface area contributed by atoms with Crippen LogP contribution in [-0.2, 0) is 12.2 Å². The van der Waals surface area contributed by atoms with Crippen molar-refractivity contribution in [3.63, 3.8) is 0 Å². The molecule has 0 bridgehead atoms. The fourth-order valence-electron chi connectivity index (χ4n) is 1.39. The Morgan fingerprint density at radius 2 is 1.75 bits per heavy atom. The van der Waals surface area contributed by atoms with E-state index in [9.17, 15) is 0 Å². The van der Waals surface area contributed by atoms with Gasteiger partial charge in [0.15, 0.2) is 0 Å². The monoisotopic (exact) mass is 250 g/mol. The highest BCUT2D eigenvalue weighted by Crippen LogP contribution is 2.27. The number of rotatable bonds is 4. The van der Waals surface area contributed by atoms with Crippen molar-refractivity contribution in [3.8, 4) is 5.75 Å². The van der Waals surface area contributed by atoms with Crippen molar-refractivity contribution in [2.45, 2.75) is 24.0 Å². The average molecular weight is 250 g/mol. The van der Waals surface area contributed by atoms with E-state index in [0.717, 1.165) is 12.2 Å². The lowest BCUT2D eigenvalue weighted by molar-refractivity contribution is 0.475. The Morgan fingerprint density at radius 1 is 1.06 bits per heavy atom. The largest absolute Gasteiger partial charge is 0.508 e. The number of benzene rings is 1. The van der Waals surface area contributed by atoms with Crippen LogP contribution in [0.2, 0.25) is 0 Å². The number of aryl methyl sites for hydroxylation is 1. The molecule has 0 saturated carbocycles. The fraction of sp³-hybridized carbons (Fsp3) is 0.231. The van der Waals surface area contributed by atoms with Crippen LogP contribution >= 0.6 is 23.1 Å². The Balaban J connectivity index is 1.94. The Labute approximate surface area is 104 Å². The van der Waals surface area contributed by atoms with Gasteiger partial charge in [0.1, 0.15) is 5.75 Å². The standard InChI is InChI=1S/C13H14OS2/c1-2-11-7-8-13(16-11)9-15-12-5-3-10(14)4-6-12/h3-8,14H,2,9H2,1H3. The van der Waals surface area contributed by atoms with Gasteiger partial charge in [-0.3, -0.25) is 0 Å². The number of hydrogen-bond donors (Lipinski definition) is 1. The number of thiophene rings is 1. The zero-order valence-electron chi connectivity index (χ0n) is 9.14. The van der Waals surface area contributed by atoms with E-state index < -0.39 is 0 Å². The molecule has 0 amide bonds. The summed E-state index contributed by atoms with van der Waals surface area (Å²) in [6.07, 6.45) is 1.12. The molecule has 0 radical (unpaired) electrons. The lowest BCUT2D eigenvalue weighted by Crippen LogP contribution is -1.74. The van der Waals surface area contributed by atoms with Crippen molar-refractivity contribution < 1.29 is 5.11 Å². The third kappa shape index (κ3) is 3.03. The van der Waals surface area contributed by atoms with Crippen molar-refractivity contribution in [1.82, 2.24) is 0 Å². The van der Waals surface area contributed by atoms with E-state index in [2.05, 4.69) is 19.1 Å². The Bertz CT molecular complexity index is 445. The van der Waals surface area contributed by atoms with E-state index >= 15 is 0 Å². The molecule has 0 aliphatic rings. The molecule has 2 aromatic rings. The van der Waals surface area contributed by atoms with E-state index in [-0.39, 0.29) is 0 Å². The van der Waals surface area contributed by atoms with Crippen LogP contribution < -0.4 is 0 Å². The second-order valence-electron chi connectivity index (χ2n) is 3.50.